The zero-order valence-electron chi connectivity index (χ0n) is 16.5. The predicted octanol–water partition coefficient (Wildman–Crippen LogP) is 4.68. The van der Waals surface area contributed by atoms with Crippen molar-refractivity contribution in [3.05, 3.63) is 35.7 Å². The van der Waals surface area contributed by atoms with Crippen LogP contribution in [0.4, 0.5) is 0 Å². The largest absolute Gasteiger partial charge is 0.339 e. The smallest absolute Gasteiger partial charge is 0.258 e. The molecule has 1 aromatic carbocycles. The fraction of sp³-hybridized carbons (Fsp3) is 0.571. The van der Waals surface area contributed by atoms with Crippen LogP contribution in [-0.2, 0) is 5.41 Å². The Morgan fingerprint density at radius 1 is 1.15 bits per heavy atom. The van der Waals surface area contributed by atoms with Crippen molar-refractivity contribution >= 4 is 5.91 Å². The monoisotopic (exact) mass is 355 g/mol. The lowest BCUT2D eigenvalue weighted by atomic mass is 9.86. The summed E-state index contributed by atoms with van der Waals surface area (Å²) in [6.45, 7) is 8.40. The first kappa shape index (κ1) is 18.6. The van der Waals surface area contributed by atoms with Gasteiger partial charge in [0, 0.05) is 18.5 Å². The molecule has 0 spiro atoms. The van der Waals surface area contributed by atoms with Gasteiger partial charge in [0.15, 0.2) is 5.82 Å². The predicted molar refractivity (Wildman–Crippen MR) is 102 cm³/mol. The maximum atomic E-state index is 13.2. The van der Waals surface area contributed by atoms with E-state index < -0.39 is 0 Å². The third kappa shape index (κ3) is 3.81. The number of nitrogens with zero attached hydrogens (tertiary/aromatic N) is 3. The number of rotatable bonds is 3. The fourth-order valence-corrected chi connectivity index (χ4v) is 3.48. The Bertz CT molecular complexity index is 768. The molecule has 140 valence electrons. The number of carbonyl (C=O) groups excluding carboxylic acids is 1. The molecular weight excluding hydrogens is 326 g/mol. The van der Waals surface area contributed by atoms with E-state index in [9.17, 15) is 4.79 Å². The van der Waals surface area contributed by atoms with E-state index in [-0.39, 0.29) is 11.3 Å². The zero-order chi connectivity index (χ0) is 18.9. The van der Waals surface area contributed by atoms with Crippen LogP contribution in [-0.4, -0.2) is 34.0 Å². The molecule has 0 saturated heterocycles. The molecule has 5 heteroatoms. The van der Waals surface area contributed by atoms with Crippen LogP contribution in [0.1, 0.15) is 69.6 Å². The van der Waals surface area contributed by atoms with Crippen LogP contribution < -0.4 is 0 Å². The van der Waals surface area contributed by atoms with Gasteiger partial charge < -0.3 is 9.42 Å². The highest BCUT2D eigenvalue weighted by Gasteiger charge is 2.28. The molecule has 1 heterocycles. The Kier molecular flexibility index (Phi) is 5.17. The summed E-state index contributed by atoms with van der Waals surface area (Å²) >= 11 is 0. The molecule has 0 aliphatic heterocycles. The van der Waals surface area contributed by atoms with Crippen molar-refractivity contribution in [2.24, 2.45) is 5.92 Å². The Balaban J connectivity index is 1.87. The Hall–Kier alpha value is -2.17. The molecule has 1 aromatic heterocycles. The van der Waals surface area contributed by atoms with E-state index in [1.165, 1.54) is 12.8 Å². The topological polar surface area (TPSA) is 59.2 Å². The van der Waals surface area contributed by atoms with Crippen molar-refractivity contribution in [3.63, 3.8) is 0 Å². The minimum atomic E-state index is -0.198. The van der Waals surface area contributed by atoms with Gasteiger partial charge in [-0.1, -0.05) is 45.0 Å². The van der Waals surface area contributed by atoms with Gasteiger partial charge in [-0.3, -0.25) is 4.79 Å². The molecule has 1 saturated carbocycles. The van der Waals surface area contributed by atoms with E-state index in [1.807, 2.05) is 57.0 Å². The molecule has 0 radical (unpaired) electrons. The van der Waals surface area contributed by atoms with Crippen LogP contribution in [0.25, 0.3) is 11.5 Å². The molecule has 2 aromatic rings. The number of amides is 1. The van der Waals surface area contributed by atoms with Gasteiger partial charge in [0.25, 0.3) is 11.8 Å². The molecule has 26 heavy (non-hydrogen) atoms. The average molecular weight is 355 g/mol. The minimum absolute atomic E-state index is 0.0238. The molecular formula is C21H29N3O2. The summed E-state index contributed by atoms with van der Waals surface area (Å²) in [6, 6.07) is 7.81. The first-order valence-corrected chi connectivity index (χ1v) is 9.48. The van der Waals surface area contributed by atoms with Crippen molar-refractivity contribution in [3.8, 4) is 11.5 Å². The fourth-order valence-electron chi connectivity index (χ4n) is 3.48. The van der Waals surface area contributed by atoms with Crippen molar-refractivity contribution in [2.75, 3.05) is 7.05 Å². The Labute approximate surface area is 155 Å². The summed E-state index contributed by atoms with van der Waals surface area (Å²) in [4.78, 5) is 19.6. The number of hydrogen-bond donors (Lipinski definition) is 0. The lowest BCUT2D eigenvalue weighted by Gasteiger charge is -2.33. The molecule has 1 fully saturated rings. The summed E-state index contributed by atoms with van der Waals surface area (Å²) in [5.41, 5.74) is 1.13. The molecule has 1 aliphatic carbocycles. The normalized spacial score (nSPS) is 20.8. The van der Waals surface area contributed by atoms with Crippen LogP contribution in [0.5, 0.6) is 0 Å². The van der Waals surface area contributed by atoms with Crippen LogP contribution in [0.2, 0.25) is 0 Å². The summed E-state index contributed by atoms with van der Waals surface area (Å²) in [6.07, 6.45) is 4.51. The molecule has 0 bridgehead atoms. The quantitative estimate of drug-likeness (QED) is 0.802. The highest BCUT2D eigenvalue weighted by atomic mass is 16.5. The van der Waals surface area contributed by atoms with Crippen molar-refractivity contribution in [2.45, 2.75) is 64.8 Å². The highest BCUT2D eigenvalue weighted by Crippen LogP contribution is 2.30. The second-order valence-corrected chi connectivity index (χ2v) is 8.55. The average Bonchev–Trinajstić information content (AvgIpc) is 3.11. The molecule has 1 aliphatic rings. The molecule has 0 atom stereocenters. The van der Waals surface area contributed by atoms with E-state index in [4.69, 9.17) is 4.52 Å². The molecule has 3 rings (SSSR count). The van der Waals surface area contributed by atoms with E-state index in [0.717, 1.165) is 18.8 Å². The Morgan fingerprint density at radius 3 is 2.42 bits per heavy atom. The van der Waals surface area contributed by atoms with Gasteiger partial charge in [-0.05, 0) is 43.7 Å². The second kappa shape index (κ2) is 7.22. The summed E-state index contributed by atoms with van der Waals surface area (Å²) < 4.78 is 5.48. The second-order valence-electron chi connectivity index (χ2n) is 8.55. The van der Waals surface area contributed by atoms with Crippen LogP contribution in [0.15, 0.2) is 28.8 Å². The van der Waals surface area contributed by atoms with Gasteiger partial charge >= 0.3 is 0 Å². The molecule has 1 amide bonds. The van der Waals surface area contributed by atoms with Gasteiger partial charge in [-0.2, -0.15) is 4.98 Å². The van der Waals surface area contributed by atoms with Crippen LogP contribution >= 0.6 is 0 Å². The number of hydrogen-bond acceptors (Lipinski definition) is 4. The van der Waals surface area contributed by atoms with Gasteiger partial charge in [0.1, 0.15) is 0 Å². The number of benzene rings is 1. The zero-order valence-corrected chi connectivity index (χ0v) is 16.5. The molecule has 0 unspecified atom stereocenters. The van der Waals surface area contributed by atoms with E-state index in [0.29, 0.717) is 28.9 Å². The highest BCUT2D eigenvalue weighted by molar-refractivity contribution is 6.00. The number of aromatic nitrogens is 2. The molecule has 5 nitrogen and oxygen atoms in total. The van der Waals surface area contributed by atoms with E-state index >= 15 is 0 Å². The van der Waals surface area contributed by atoms with Gasteiger partial charge in [0.05, 0.1) is 11.1 Å². The summed E-state index contributed by atoms with van der Waals surface area (Å²) in [7, 11) is 1.91. The van der Waals surface area contributed by atoms with E-state index in [2.05, 4.69) is 17.1 Å². The SMILES string of the molecule is CC1CCC(N(C)C(=O)c2ccccc2-c2nc(C(C)(C)C)no2)CC1. The minimum Gasteiger partial charge on any atom is -0.339 e. The third-order valence-corrected chi connectivity index (χ3v) is 5.34. The lowest BCUT2D eigenvalue weighted by Crippen LogP contribution is -2.39. The number of carbonyl (C=O) groups is 1. The molecule has 0 N–H and O–H groups in total. The summed E-state index contributed by atoms with van der Waals surface area (Å²) in [5.74, 6) is 1.83. The van der Waals surface area contributed by atoms with Crippen molar-refractivity contribution < 1.29 is 9.32 Å². The van der Waals surface area contributed by atoms with Gasteiger partial charge in [-0.25, -0.2) is 0 Å². The van der Waals surface area contributed by atoms with Crippen molar-refractivity contribution in [1.82, 2.24) is 15.0 Å². The van der Waals surface area contributed by atoms with Crippen LogP contribution in [0.3, 0.4) is 0 Å². The third-order valence-electron chi connectivity index (χ3n) is 5.34. The standard InChI is InChI=1S/C21H29N3O2/c1-14-10-12-15(13-11-14)24(5)19(25)17-9-7-6-8-16(17)18-22-20(23-26-18)21(2,3)4/h6-9,14-15H,10-13H2,1-5H3. The van der Waals surface area contributed by atoms with E-state index in [1.54, 1.807) is 0 Å². The first-order chi connectivity index (χ1) is 12.3. The van der Waals surface area contributed by atoms with Crippen LogP contribution in [0, 0.1) is 5.92 Å². The lowest BCUT2D eigenvalue weighted by molar-refractivity contribution is 0.0680. The van der Waals surface area contributed by atoms with Gasteiger partial charge in [0.2, 0.25) is 0 Å². The summed E-state index contributed by atoms with van der Waals surface area (Å²) in [5, 5.41) is 4.10. The maximum absolute atomic E-state index is 13.2. The Morgan fingerprint density at radius 2 is 1.81 bits per heavy atom. The first-order valence-electron chi connectivity index (χ1n) is 9.48. The maximum Gasteiger partial charge on any atom is 0.258 e. The van der Waals surface area contributed by atoms with Gasteiger partial charge in [-0.15, -0.1) is 0 Å². The van der Waals surface area contributed by atoms with Crippen molar-refractivity contribution in [1.29, 1.82) is 0 Å².